The van der Waals surface area contributed by atoms with Gasteiger partial charge in [0.2, 0.25) is 12.2 Å². The third-order valence-corrected chi connectivity index (χ3v) is 11.9. The van der Waals surface area contributed by atoms with E-state index in [-0.39, 0.29) is 65.7 Å². The molecule has 342 valence electrons. The van der Waals surface area contributed by atoms with Gasteiger partial charge in [0, 0.05) is 55.5 Å². The summed E-state index contributed by atoms with van der Waals surface area (Å²) in [7, 11) is 0. The molecule has 0 aliphatic heterocycles. The summed E-state index contributed by atoms with van der Waals surface area (Å²) in [5, 5.41) is 7.24. The zero-order valence-corrected chi connectivity index (χ0v) is 41.6. The van der Waals surface area contributed by atoms with Gasteiger partial charge in [0.25, 0.3) is 0 Å². The fraction of sp³-hybridized carbons (Fsp3) is 0.197. The number of benzene rings is 7. The molecule has 6 nitrogen and oxygen atoms in total. The van der Waals surface area contributed by atoms with Crippen molar-refractivity contribution in [3.05, 3.63) is 205 Å². The Labute approximate surface area is 429 Å². The van der Waals surface area contributed by atoms with E-state index in [4.69, 9.17) is 23.0 Å². The van der Waals surface area contributed by atoms with Crippen LogP contribution in [0.4, 0.5) is 0 Å². The van der Waals surface area contributed by atoms with Crippen molar-refractivity contribution in [3.8, 4) is 62.3 Å². The van der Waals surface area contributed by atoms with E-state index >= 15 is 0 Å². The average Bonchev–Trinajstić information content (AvgIpc) is 3.99. The van der Waals surface area contributed by atoms with Crippen LogP contribution in [0.5, 0.6) is 11.5 Å². The molecule has 0 radical (unpaired) electrons. The van der Waals surface area contributed by atoms with Crippen molar-refractivity contribution in [3.63, 3.8) is 0 Å². The molecule has 0 atom stereocenters. The van der Waals surface area contributed by atoms with Crippen molar-refractivity contribution in [2.45, 2.75) is 78.6 Å². The van der Waals surface area contributed by atoms with E-state index in [9.17, 15) is 5.48 Å². The van der Waals surface area contributed by atoms with E-state index in [0.717, 1.165) is 44.3 Å². The number of rotatable bonds is 8. The van der Waals surface area contributed by atoms with Gasteiger partial charge in [0.15, 0.2) is 0 Å². The number of hydrogen-bond acceptors (Lipinski definition) is 3. The summed E-state index contributed by atoms with van der Waals surface area (Å²) in [6, 6.07) is 34.1. The molecule has 0 aliphatic carbocycles. The number of para-hydroxylation sites is 2. The number of aromatic nitrogens is 5. The summed E-state index contributed by atoms with van der Waals surface area (Å²) < 4.78 is 101. The molecule has 0 bridgehead atoms. The molecule has 68 heavy (non-hydrogen) atoms. The molecule has 0 aliphatic rings. The van der Waals surface area contributed by atoms with E-state index in [2.05, 4.69) is 104 Å². The fourth-order valence-corrected chi connectivity index (χ4v) is 8.26. The third-order valence-electron chi connectivity index (χ3n) is 11.9. The fourth-order valence-electron chi connectivity index (χ4n) is 8.26. The van der Waals surface area contributed by atoms with Gasteiger partial charge < -0.3 is 13.9 Å². The van der Waals surface area contributed by atoms with Crippen molar-refractivity contribution >= 4 is 21.8 Å². The molecule has 0 unspecified atom stereocenters. The maximum atomic E-state index is 9.20. The van der Waals surface area contributed by atoms with Gasteiger partial charge in [-0.2, -0.15) is 22.4 Å². The molecule has 0 saturated carbocycles. The molecular formula is C61H55N5OPt-2. The Bertz CT molecular complexity index is 3910. The predicted molar refractivity (Wildman–Crippen MR) is 273 cm³/mol. The Kier molecular flexibility index (Phi) is 9.33. The van der Waals surface area contributed by atoms with Crippen molar-refractivity contribution in [2.75, 3.05) is 0 Å². The summed E-state index contributed by atoms with van der Waals surface area (Å²) in [5.41, 5.74) is 4.72. The molecule has 7 heteroatoms. The van der Waals surface area contributed by atoms with Crippen LogP contribution in [0.15, 0.2) is 170 Å². The SMILES string of the molecule is [2H]c1c([2H])c([2H])c(-c2cccc(-c3c([2H])c([2H])c([2H])c([2H])c3[2H])c2-[n+]2[c-]n(-c3[c-]c(Oc4[c-]c5c(cc4)c4ccccc4n5-c4cc(C(C)(C)C)ccn4)cc(C(C)(C)C)c3)nc2-c2cccc(C(C)(C)C)c2)c([2H])c1[2H].[Pt]. The van der Waals surface area contributed by atoms with E-state index in [1.54, 1.807) is 22.8 Å². The molecule has 3 aromatic heterocycles. The minimum absolute atomic E-state index is 0. The predicted octanol–water partition coefficient (Wildman–Crippen LogP) is 14.7. The van der Waals surface area contributed by atoms with Crippen LogP contribution in [0.1, 0.15) is 92.7 Å². The smallest absolute Gasteiger partial charge is 0.231 e. The van der Waals surface area contributed by atoms with Crippen LogP contribution in [-0.2, 0) is 37.3 Å². The van der Waals surface area contributed by atoms with E-state index < -0.39 is 65.8 Å². The summed E-state index contributed by atoms with van der Waals surface area (Å²) in [6.45, 7) is 19.0. The van der Waals surface area contributed by atoms with Crippen molar-refractivity contribution in [1.29, 1.82) is 0 Å². The summed E-state index contributed by atoms with van der Waals surface area (Å²) in [6.07, 6.45) is 5.24. The zero-order valence-electron chi connectivity index (χ0n) is 49.4. The minimum Gasteiger partial charge on any atom is -0.510 e. The van der Waals surface area contributed by atoms with E-state index in [0.29, 0.717) is 22.7 Å². The Balaban J connectivity index is 0.00000740. The Morgan fingerprint density at radius 1 is 0.574 bits per heavy atom. The second kappa shape index (κ2) is 18.0. The van der Waals surface area contributed by atoms with E-state index in [1.165, 1.54) is 4.68 Å². The Hall–Kier alpha value is -6.88. The standard InChI is InChI=1S/C61H55N5O.Pt/c1-59(2,3)44-25-18-24-43(34-44)58-63-65(40-64(58)57-50(41-20-12-10-13-21-41)27-19-28-51(57)42-22-14-11-15-23-42)47-35-46(61(7,8)9)36-49(38-47)67-48-30-31-53-52-26-16-17-29-54(52)66(55(53)39-48)56-37-45(32-33-62-56)60(4,5)6;/h10-37H,1-9H3;/q-2;/i10D,11D,12D,13D,14D,15D,20D,21D,22D,23D;. The topological polar surface area (TPSA) is 48.8 Å². The minimum atomic E-state index is -0.589. The maximum absolute atomic E-state index is 9.20. The Morgan fingerprint density at radius 3 is 1.87 bits per heavy atom. The maximum Gasteiger partial charge on any atom is 0.231 e. The first-order chi connectivity index (χ1) is 36.2. The van der Waals surface area contributed by atoms with Crippen LogP contribution < -0.4 is 9.30 Å². The summed E-state index contributed by atoms with van der Waals surface area (Å²) in [4.78, 5) is 4.84. The van der Waals surface area contributed by atoms with Gasteiger partial charge in [-0.15, -0.1) is 29.7 Å². The number of ether oxygens (including phenoxy) is 1. The summed E-state index contributed by atoms with van der Waals surface area (Å²) in [5.74, 6) is 1.76. The van der Waals surface area contributed by atoms with Crippen molar-refractivity contribution in [1.82, 2.24) is 19.3 Å². The molecule has 0 saturated heterocycles. The molecule has 7 aromatic carbocycles. The zero-order chi connectivity index (χ0) is 55.4. The van der Waals surface area contributed by atoms with Gasteiger partial charge in [-0.25, -0.2) is 4.98 Å². The van der Waals surface area contributed by atoms with Gasteiger partial charge in [0.1, 0.15) is 5.82 Å². The molecule has 0 spiro atoms. The summed E-state index contributed by atoms with van der Waals surface area (Å²) >= 11 is 0. The molecule has 10 aromatic rings. The molecule has 0 amide bonds. The van der Waals surface area contributed by atoms with Crippen LogP contribution >= 0.6 is 0 Å². The first-order valence-corrected chi connectivity index (χ1v) is 22.3. The largest absolute Gasteiger partial charge is 0.510 e. The molecule has 0 N–H and O–H groups in total. The van der Waals surface area contributed by atoms with Crippen LogP contribution in [-0.4, -0.2) is 19.3 Å². The normalized spacial score (nSPS) is 14.1. The number of pyridine rings is 1. The molecule has 10 rings (SSSR count). The Morgan fingerprint density at radius 2 is 1.21 bits per heavy atom. The van der Waals surface area contributed by atoms with Gasteiger partial charge in [-0.1, -0.05) is 189 Å². The van der Waals surface area contributed by atoms with Crippen molar-refractivity contribution < 1.29 is 44.1 Å². The van der Waals surface area contributed by atoms with E-state index in [1.807, 2.05) is 72.9 Å². The second-order valence-corrected chi connectivity index (χ2v) is 19.8. The number of fused-ring (bicyclic) bond motifs is 3. The van der Waals surface area contributed by atoms with Crippen LogP contribution in [0, 0.1) is 18.5 Å². The van der Waals surface area contributed by atoms with Gasteiger partial charge in [0.05, 0.1) is 13.7 Å². The molecule has 3 heterocycles. The quantitative estimate of drug-likeness (QED) is 0.113. The van der Waals surface area contributed by atoms with Crippen LogP contribution in [0.2, 0.25) is 0 Å². The monoisotopic (exact) mass is 1080 g/mol. The van der Waals surface area contributed by atoms with Crippen LogP contribution in [0.25, 0.3) is 72.6 Å². The third kappa shape index (κ3) is 8.98. The number of nitrogens with zero attached hydrogens (tertiary/aromatic N) is 5. The molecular weight excluding hydrogens is 1010 g/mol. The average molecular weight is 1080 g/mol. The van der Waals surface area contributed by atoms with Crippen molar-refractivity contribution in [2.24, 2.45) is 0 Å². The van der Waals surface area contributed by atoms with Gasteiger partial charge >= 0.3 is 0 Å². The first kappa shape index (κ1) is 35.3. The second-order valence-electron chi connectivity index (χ2n) is 19.8. The van der Waals surface area contributed by atoms with Crippen LogP contribution in [0.3, 0.4) is 0 Å². The number of hydrogen-bond donors (Lipinski definition) is 0. The van der Waals surface area contributed by atoms with Gasteiger partial charge in [-0.05, 0) is 84.0 Å². The molecule has 0 fully saturated rings. The van der Waals surface area contributed by atoms with Gasteiger partial charge in [-0.3, -0.25) is 0 Å². The first-order valence-electron chi connectivity index (χ1n) is 27.3.